The average molecular weight is 332 g/mol. The van der Waals surface area contributed by atoms with Crippen LogP contribution < -0.4 is 14.8 Å². The van der Waals surface area contributed by atoms with Crippen LogP contribution in [0.25, 0.3) is 0 Å². The Balaban J connectivity index is 1.58. The lowest BCUT2D eigenvalue weighted by Gasteiger charge is -2.10. The molecule has 4 nitrogen and oxygen atoms in total. The molecule has 0 saturated heterocycles. The highest BCUT2D eigenvalue weighted by Crippen LogP contribution is 2.32. The van der Waals surface area contributed by atoms with E-state index in [1.165, 1.54) is 0 Å². The van der Waals surface area contributed by atoms with E-state index >= 15 is 0 Å². The van der Waals surface area contributed by atoms with E-state index in [1.807, 2.05) is 36.4 Å². The second-order valence-electron chi connectivity index (χ2n) is 5.39. The van der Waals surface area contributed by atoms with Gasteiger partial charge in [0, 0.05) is 29.6 Å². The third kappa shape index (κ3) is 4.39. The number of amides is 1. The number of anilines is 1. The standard InChI is InChI=1S/C18H18ClNO3/c19-14-4-1-3-13(11-14)5-8-18(21)20-15-6-7-16-17(12-15)23-10-2-9-22-16/h1,3-4,6-7,11-12H,2,5,8-10H2,(H,20,21). The highest BCUT2D eigenvalue weighted by atomic mass is 35.5. The van der Waals surface area contributed by atoms with Gasteiger partial charge < -0.3 is 14.8 Å². The van der Waals surface area contributed by atoms with Gasteiger partial charge in [-0.3, -0.25) is 4.79 Å². The predicted octanol–water partition coefficient (Wildman–Crippen LogP) is 4.07. The number of rotatable bonds is 4. The number of aryl methyl sites for hydroxylation is 1. The second-order valence-corrected chi connectivity index (χ2v) is 5.83. The zero-order valence-corrected chi connectivity index (χ0v) is 13.4. The zero-order chi connectivity index (χ0) is 16.1. The maximum absolute atomic E-state index is 12.1. The first-order valence-electron chi connectivity index (χ1n) is 7.65. The number of halogens is 1. The van der Waals surface area contributed by atoms with Crippen molar-refractivity contribution in [3.8, 4) is 11.5 Å². The third-order valence-electron chi connectivity index (χ3n) is 3.56. The summed E-state index contributed by atoms with van der Waals surface area (Å²) in [6.07, 6.45) is 1.90. The number of fused-ring (bicyclic) bond motifs is 1. The second kappa shape index (κ2) is 7.38. The minimum Gasteiger partial charge on any atom is -0.490 e. The molecule has 2 aromatic rings. The quantitative estimate of drug-likeness (QED) is 0.918. The van der Waals surface area contributed by atoms with Crippen molar-refractivity contribution < 1.29 is 14.3 Å². The largest absolute Gasteiger partial charge is 0.490 e. The summed E-state index contributed by atoms with van der Waals surface area (Å²) in [7, 11) is 0. The lowest BCUT2D eigenvalue weighted by Crippen LogP contribution is -2.12. The molecule has 23 heavy (non-hydrogen) atoms. The third-order valence-corrected chi connectivity index (χ3v) is 3.80. The molecule has 0 atom stereocenters. The van der Waals surface area contributed by atoms with Crippen molar-refractivity contribution in [2.75, 3.05) is 18.5 Å². The molecule has 1 heterocycles. The van der Waals surface area contributed by atoms with Crippen LogP contribution in [0, 0.1) is 0 Å². The predicted molar refractivity (Wildman–Crippen MR) is 90.5 cm³/mol. The molecule has 2 aromatic carbocycles. The Hall–Kier alpha value is -2.20. The highest BCUT2D eigenvalue weighted by Gasteiger charge is 2.12. The van der Waals surface area contributed by atoms with Crippen molar-refractivity contribution >= 4 is 23.2 Å². The van der Waals surface area contributed by atoms with E-state index in [-0.39, 0.29) is 5.91 Å². The molecule has 0 spiro atoms. The fourth-order valence-electron chi connectivity index (χ4n) is 2.41. The molecular formula is C18H18ClNO3. The van der Waals surface area contributed by atoms with E-state index in [9.17, 15) is 4.79 Å². The van der Waals surface area contributed by atoms with E-state index in [4.69, 9.17) is 21.1 Å². The number of hydrogen-bond acceptors (Lipinski definition) is 3. The van der Waals surface area contributed by atoms with Crippen molar-refractivity contribution in [2.45, 2.75) is 19.3 Å². The summed E-state index contributed by atoms with van der Waals surface area (Å²) >= 11 is 5.94. The van der Waals surface area contributed by atoms with Gasteiger partial charge in [0.15, 0.2) is 11.5 Å². The first-order chi connectivity index (χ1) is 11.2. The number of nitrogens with one attached hydrogen (secondary N) is 1. The summed E-state index contributed by atoms with van der Waals surface area (Å²) in [5.41, 5.74) is 1.76. The van der Waals surface area contributed by atoms with Crippen LogP contribution >= 0.6 is 11.6 Å². The number of carbonyl (C=O) groups is 1. The minimum atomic E-state index is -0.0422. The van der Waals surface area contributed by atoms with Gasteiger partial charge in [0.25, 0.3) is 0 Å². The number of hydrogen-bond donors (Lipinski definition) is 1. The van der Waals surface area contributed by atoms with Gasteiger partial charge in [0.05, 0.1) is 13.2 Å². The smallest absolute Gasteiger partial charge is 0.224 e. The first-order valence-corrected chi connectivity index (χ1v) is 8.02. The molecule has 1 amide bonds. The van der Waals surface area contributed by atoms with E-state index in [2.05, 4.69) is 5.32 Å². The molecule has 0 radical (unpaired) electrons. The molecule has 0 saturated carbocycles. The van der Waals surface area contributed by atoms with Gasteiger partial charge in [-0.25, -0.2) is 0 Å². The van der Waals surface area contributed by atoms with Crippen LogP contribution in [0.5, 0.6) is 11.5 Å². The topological polar surface area (TPSA) is 47.6 Å². The van der Waals surface area contributed by atoms with E-state index in [0.717, 1.165) is 17.7 Å². The van der Waals surface area contributed by atoms with Gasteiger partial charge in [-0.15, -0.1) is 0 Å². The molecule has 0 unspecified atom stereocenters. The number of benzene rings is 2. The Labute approximate surface area is 140 Å². The maximum Gasteiger partial charge on any atom is 0.224 e. The SMILES string of the molecule is O=C(CCc1cccc(Cl)c1)Nc1ccc2c(c1)OCCCO2. The van der Waals surface area contributed by atoms with E-state index < -0.39 is 0 Å². The molecule has 0 fully saturated rings. The average Bonchev–Trinajstić information content (AvgIpc) is 2.78. The fraction of sp³-hybridized carbons (Fsp3) is 0.278. The van der Waals surface area contributed by atoms with Crippen LogP contribution in [0.4, 0.5) is 5.69 Å². The highest BCUT2D eigenvalue weighted by molar-refractivity contribution is 6.30. The summed E-state index contributed by atoms with van der Waals surface area (Å²) in [5.74, 6) is 1.36. The molecule has 5 heteroatoms. The minimum absolute atomic E-state index is 0.0422. The van der Waals surface area contributed by atoms with Crippen LogP contribution in [0.1, 0.15) is 18.4 Å². The first kappa shape index (κ1) is 15.7. The monoisotopic (exact) mass is 331 g/mol. The van der Waals surface area contributed by atoms with Gasteiger partial charge >= 0.3 is 0 Å². The maximum atomic E-state index is 12.1. The van der Waals surface area contributed by atoms with E-state index in [0.29, 0.717) is 42.5 Å². The molecule has 1 N–H and O–H groups in total. The Morgan fingerprint density at radius 1 is 1.09 bits per heavy atom. The normalized spacial score (nSPS) is 13.3. The van der Waals surface area contributed by atoms with Crippen LogP contribution in [0.3, 0.4) is 0 Å². The lowest BCUT2D eigenvalue weighted by atomic mass is 10.1. The van der Waals surface area contributed by atoms with Crippen molar-refractivity contribution in [2.24, 2.45) is 0 Å². The zero-order valence-electron chi connectivity index (χ0n) is 12.7. The van der Waals surface area contributed by atoms with Crippen LogP contribution in [0.15, 0.2) is 42.5 Å². The number of carbonyl (C=O) groups excluding carboxylic acids is 1. The van der Waals surface area contributed by atoms with Gasteiger partial charge in [-0.05, 0) is 36.2 Å². The molecule has 1 aliphatic heterocycles. The van der Waals surface area contributed by atoms with Crippen molar-refractivity contribution in [1.82, 2.24) is 0 Å². The lowest BCUT2D eigenvalue weighted by molar-refractivity contribution is -0.116. The molecule has 3 rings (SSSR count). The van der Waals surface area contributed by atoms with Gasteiger partial charge in [0.1, 0.15) is 0 Å². The summed E-state index contributed by atoms with van der Waals surface area (Å²) in [4.78, 5) is 12.1. The Bertz CT molecular complexity index is 702. The van der Waals surface area contributed by atoms with E-state index in [1.54, 1.807) is 6.07 Å². The summed E-state index contributed by atoms with van der Waals surface area (Å²) < 4.78 is 11.2. The van der Waals surface area contributed by atoms with Crippen molar-refractivity contribution in [3.05, 3.63) is 53.1 Å². The summed E-state index contributed by atoms with van der Waals surface area (Å²) in [6.45, 7) is 1.28. The summed E-state index contributed by atoms with van der Waals surface area (Å²) in [6, 6.07) is 13.0. The molecule has 1 aliphatic rings. The molecule has 0 aliphatic carbocycles. The molecule has 0 bridgehead atoms. The van der Waals surface area contributed by atoms with Crippen LogP contribution in [-0.2, 0) is 11.2 Å². The van der Waals surface area contributed by atoms with Crippen molar-refractivity contribution in [1.29, 1.82) is 0 Å². The molecule has 0 aromatic heterocycles. The Morgan fingerprint density at radius 2 is 1.91 bits per heavy atom. The Morgan fingerprint density at radius 3 is 2.74 bits per heavy atom. The summed E-state index contributed by atoms with van der Waals surface area (Å²) in [5, 5.41) is 3.58. The fourth-order valence-corrected chi connectivity index (χ4v) is 2.63. The van der Waals surface area contributed by atoms with Gasteiger partial charge in [0.2, 0.25) is 5.91 Å². The Kier molecular flexibility index (Phi) is 5.03. The molecule has 120 valence electrons. The molecular weight excluding hydrogens is 314 g/mol. The number of ether oxygens (including phenoxy) is 2. The van der Waals surface area contributed by atoms with Crippen molar-refractivity contribution in [3.63, 3.8) is 0 Å². The van der Waals surface area contributed by atoms with Crippen LogP contribution in [0.2, 0.25) is 5.02 Å². The van der Waals surface area contributed by atoms with Gasteiger partial charge in [-0.2, -0.15) is 0 Å². The van der Waals surface area contributed by atoms with Crippen LogP contribution in [-0.4, -0.2) is 19.1 Å². The van der Waals surface area contributed by atoms with Gasteiger partial charge in [-0.1, -0.05) is 23.7 Å².